The Balaban J connectivity index is 2.06. The Morgan fingerprint density at radius 2 is 1.78 bits per heavy atom. The molecule has 0 aromatic heterocycles. The van der Waals surface area contributed by atoms with Crippen molar-refractivity contribution in [1.29, 1.82) is 0 Å². The lowest BCUT2D eigenvalue weighted by atomic mass is 10.2. The van der Waals surface area contributed by atoms with Crippen molar-refractivity contribution in [2.24, 2.45) is 0 Å². The fraction of sp³-hybridized carbons (Fsp3) is 0.667. The molecule has 0 bridgehead atoms. The maximum absolute atomic E-state index is 14.7. The smallest absolute Gasteiger partial charge is 0.297 e. The van der Waals surface area contributed by atoms with Crippen molar-refractivity contribution in [2.45, 2.75) is 75.4 Å². The first-order chi connectivity index (χ1) is 12.2. The monoisotopic (exact) mass is 420 g/mol. The van der Waals surface area contributed by atoms with Crippen LogP contribution in [0.1, 0.15) is 26.3 Å². The molecule has 9 heteroatoms. The van der Waals surface area contributed by atoms with Gasteiger partial charge < -0.3 is 14.3 Å². The van der Waals surface area contributed by atoms with Gasteiger partial charge in [0.1, 0.15) is 6.10 Å². The van der Waals surface area contributed by atoms with E-state index in [9.17, 15) is 17.9 Å². The van der Waals surface area contributed by atoms with Crippen LogP contribution in [-0.4, -0.2) is 53.1 Å². The Hall–Kier alpha value is -0.843. The third kappa shape index (κ3) is 5.15. The van der Waals surface area contributed by atoms with Crippen LogP contribution in [0.15, 0.2) is 29.2 Å². The summed E-state index contributed by atoms with van der Waals surface area (Å²) in [6, 6.07) is 5.97. The van der Waals surface area contributed by atoms with E-state index in [1.807, 2.05) is 20.0 Å². The highest BCUT2D eigenvalue weighted by atomic mass is 32.2. The number of rotatable bonds is 6. The van der Waals surface area contributed by atoms with E-state index in [2.05, 4.69) is 20.8 Å². The van der Waals surface area contributed by atoms with E-state index >= 15 is 0 Å². The largest absolute Gasteiger partial charge is 0.414 e. The summed E-state index contributed by atoms with van der Waals surface area (Å²) in [4.78, 5) is -0.103. The normalized spacial score (nSPS) is 27.1. The Kier molecular flexibility index (Phi) is 6.55. The molecule has 6 nitrogen and oxygen atoms in total. The van der Waals surface area contributed by atoms with E-state index in [4.69, 9.17) is 13.3 Å². The Bertz CT molecular complexity index is 744. The quantitative estimate of drug-likeness (QED) is 0.562. The van der Waals surface area contributed by atoms with Gasteiger partial charge in [-0.3, -0.25) is 4.18 Å². The predicted molar refractivity (Wildman–Crippen MR) is 102 cm³/mol. The molecular weight excluding hydrogens is 391 g/mol. The van der Waals surface area contributed by atoms with Crippen LogP contribution in [0.2, 0.25) is 18.1 Å². The number of alkyl halides is 1. The van der Waals surface area contributed by atoms with Crippen LogP contribution in [0.4, 0.5) is 4.39 Å². The molecule has 0 saturated carbocycles. The Labute approximate surface area is 161 Å². The highest BCUT2D eigenvalue weighted by Crippen LogP contribution is 2.37. The van der Waals surface area contributed by atoms with Crippen LogP contribution in [-0.2, 0) is 23.5 Å². The molecule has 1 aromatic carbocycles. The van der Waals surface area contributed by atoms with Crippen molar-refractivity contribution in [2.75, 3.05) is 6.61 Å². The molecule has 0 aliphatic carbocycles. The molecule has 1 saturated heterocycles. The van der Waals surface area contributed by atoms with Gasteiger partial charge in [-0.2, -0.15) is 8.42 Å². The molecule has 0 spiro atoms. The standard InChI is InChI=1S/C18H29FO6SSi/c1-12-7-9-13(10-8-12)26(21,22)25-16-15(19)14(24-17(16)20)11-23-27(5,6)18(2,3)4/h7-10,14-17,20H,11H2,1-6H3/t14-,15-,16+,17-/m1/s1. The highest BCUT2D eigenvalue weighted by Gasteiger charge is 2.49. The molecule has 1 heterocycles. The summed E-state index contributed by atoms with van der Waals surface area (Å²) in [6.07, 6.45) is -6.24. The zero-order valence-electron chi connectivity index (χ0n) is 16.6. The molecule has 1 aliphatic heterocycles. The molecule has 2 rings (SSSR count). The number of aliphatic hydroxyl groups excluding tert-OH is 1. The Morgan fingerprint density at radius 1 is 1.22 bits per heavy atom. The zero-order valence-corrected chi connectivity index (χ0v) is 18.4. The summed E-state index contributed by atoms with van der Waals surface area (Å²) in [6.45, 7) is 11.9. The van der Waals surface area contributed by atoms with Gasteiger partial charge in [-0.25, -0.2) is 4.39 Å². The third-order valence-electron chi connectivity index (χ3n) is 5.23. The van der Waals surface area contributed by atoms with Crippen LogP contribution in [0.3, 0.4) is 0 Å². The number of halogens is 1. The average molecular weight is 421 g/mol. The van der Waals surface area contributed by atoms with Crippen molar-refractivity contribution in [3.63, 3.8) is 0 Å². The van der Waals surface area contributed by atoms with Crippen molar-refractivity contribution < 1.29 is 31.3 Å². The average Bonchev–Trinajstić information content (AvgIpc) is 2.79. The highest BCUT2D eigenvalue weighted by molar-refractivity contribution is 7.86. The van der Waals surface area contributed by atoms with Gasteiger partial charge in [0.05, 0.1) is 11.5 Å². The second-order valence-electron chi connectivity index (χ2n) is 8.41. The molecule has 1 N–H and O–H groups in total. The van der Waals surface area contributed by atoms with Gasteiger partial charge in [-0.1, -0.05) is 38.5 Å². The predicted octanol–water partition coefficient (Wildman–Crippen LogP) is 3.15. The van der Waals surface area contributed by atoms with Crippen LogP contribution in [0.25, 0.3) is 0 Å². The first kappa shape index (κ1) is 22.4. The van der Waals surface area contributed by atoms with E-state index in [-0.39, 0.29) is 16.5 Å². The summed E-state index contributed by atoms with van der Waals surface area (Å²) in [5.74, 6) is 0. The van der Waals surface area contributed by atoms with Gasteiger partial charge in [-0.15, -0.1) is 0 Å². The molecule has 1 aliphatic rings. The second-order valence-corrected chi connectivity index (χ2v) is 14.8. The molecule has 1 fully saturated rings. The number of aliphatic hydroxyl groups is 1. The van der Waals surface area contributed by atoms with Crippen LogP contribution < -0.4 is 0 Å². The fourth-order valence-electron chi connectivity index (χ4n) is 2.35. The summed E-state index contributed by atoms with van der Waals surface area (Å²) in [5, 5.41) is 9.91. The van der Waals surface area contributed by atoms with Crippen molar-refractivity contribution in [3.8, 4) is 0 Å². The number of hydrogen-bond acceptors (Lipinski definition) is 6. The zero-order chi connectivity index (χ0) is 20.6. The molecule has 0 radical (unpaired) electrons. The third-order valence-corrected chi connectivity index (χ3v) is 11.1. The first-order valence-electron chi connectivity index (χ1n) is 8.86. The maximum Gasteiger partial charge on any atom is 0.297 e. The molecule has 1 aromatic rings. The molecule has 0 unspecified atom stereocenters. The number of ether oxygens (including phenoxy) is 1. The summed E-state index contributed by atoms with van der Waals surface area (Å²) >= 11 is 0. The summed E-state index contributed by atoms with van der Waals surface area (Å²) in [5.41, 5.74) is 0.879. The maximum atomic E-state index is 14.7. The van der Waals surface area contributed by atoms with Gasteiger partial charge in [0.2, 0.25) is 0 Å². The van der Waals surface area contributed by atoms with Crippen molar-refractivity contribution in [1.82, 2.24) is 0 Å². The van der Waals surface area contributed by atoms with E-state index < -0.39 is 43.1 Å². The topological polar surface area (TPSA) is 82.1 Å². The van der Waals surface area contributed by atoms with Gasteiger partial charge in [0.25, 0.3) is 10.1 Å². The summed E-state index contributed by atoms with van der Waals surface area (Å²) in [7, 11) is -6.37. The van der Waals surface area contributed by atoms with Gasteiger partial charge in [0.15, 0.2) is 26.9 Å². The number of benzene rings is 1. The molecule has 4 atom stereocenters. The van der Waals surface area contributed by atoms with Gasteiger partial charge in [-0.05, 0) is 37.2 Å². The number of hydrogen-bond donors (Lipinski definition) is 1. The molecular formula is C18H29FO6SSi. The lowest BCUT2D eigenvalue weighted by Gasteiger charge is -2.36. The molecule has 0 amide bonds. The van der Waals surface area contributed by atoms with Gasteiger partial charge in [0, 0.05) is 0 Å². The minimum atomic E-state index is -4.23. The first-order valence-corrected chi connectivity index (χ1v) is 13.2. The van der Waals surface area contributed by atoms with Crippen molar-refractivity contribution in [3.05, 3.63) is 29.8 Å². The van der Waals surface area contributed by atoms with E-state index in [1.54, 1.807) is 12.1 Å². The van der Waals surface area contributed by atoms with Crippen LogP contribution >= 0.6 is 0 Å². The number of aryl methyl sites for hydroxylation is 1. The minimum Gasteiger partial charge on any atom is -0.414 e. The Morgan fingerprint density at radius 3 is 2.30 bits per heavy atom. The SMILES string of the molecule is Cc1ccc(S(=O)(=O)O[C@H]2[C@H](F)[C@@H](CO[Si](C)(C)C(C)(C)C)O[C@H]2O)cc1. The lowest BCUT2D eigenvalue weighted by Crippen LogP contribution is -2.44. The minimum absolute atomic E-state index is 0.0687. The van der Waals surface area contributed by atoms with Crippen molar-refractivity contribution >= 4 is 18.4 Å². The molecule has 154 valence electrons. The van der Waals surface area contributed by atoms with Crippen LogP contribution in [0.5, 0.6) is 0 Å². The van der Waals surface area contributed by atoms with E-state index in [0.29, 0.717) is 0 Å². The molecule has 27 heavy (non-hydrogen) atoms. The van der Waals surface area contributed by atoms with E-state index in [1.165, 1.54) is 12.1 Å². The second kappa shape index (κ2) is 7.88. The van der Waals surface area contributed by atoms with E-state index in [0.717, 1.165) is 5.56 Å². The van der Waals surface area contributed by atoms with Gasteiger partial charge >= 0.3 is 0 Å². The fourth-order valence-corrected chi connectivity index (χ4v) is 4.43. The summed E-state index contributed by atoms with van der Waals surface area (Å²) < 4.78 is 55.5. The lowest BCUT2D eigenvalue weighted by molar-refractivity contribution is -0.126. The van der Waals surface area contributed by atoms with Crippen LogP contribution in [0, 0.1) is 6.92 Å².